The van der Waals surface area contributed by atoms with E-state index >= 15 is 0 Å². The van der Waals surface area contributed by atoms with Crippen LogP contribution in [-0.4, -0.2) is 40.1 Å². The Balaban J connectivity index is 1.37. The highest BCUT2D eigenvalue weighted by Crippen LogP contribution is 2.48. The monoisotopic (exact) mass is 455 g/mol. The number of carbonyl (C=O) groups excluding carboxylic acids is 2. The molecule has 3 aliphatic rings. The number of carbonyl (C=O) groups is 2. The van der Waals surface area contributed by atoms with Crippen molar-refractivity contribution in [1.82, 2.24) is 15.2 Å². The van der Waals surface area contributed by atoms with Crippen LogP contribution in [0.25, 0.3) is 0 Å². The van der Waals surface area contributed by atoms with E-state index in [-0.39, 0.29) is 24.1 Å². The molecule has 0 bridgehead atoms. The van der Waals surface area contributed by atoms with Crippen LogP contribution in [0.2, 0.25) is 0 Å². The Morgan fingerprint density at radius 1 is 1.24 bits per heavy atom. The van der Waals surface area contributed by atoms with Gasteiger partial charge in [0.15, 0.2) is 0 Å². The summed E-state index contributed by atoms with van der Waals surface area (Å²) in [6, 6.07) is 11.7. The second kappa shape index (κ2) is 6.83. The molecule has 1 aromatic heterocycles. The minimum atomic E-state index is -0.406. The molecule has 1 saturated heterocycles. The van der Waals surface area contributed by atoms with Gasteiger partial charge in [-0.3, -0.25) is 9.78 Å². The van der Waals surface area contributed by atoms with E-state index in [1.165, 1.54) is 0 Å². The second-order valence-corrected chi connectivity index (χ2v) is 9.15. The highest BCUT2D eigenvalue weighted by Gasteiger charge is 2.56. The molecule has 2 atom stereocenters. The first-order valence-corrected chi connectivity index (χ1v) is 10.7. The molecule has 1 aromatic carbocycles. The van der Waals surface area contributed by atoms with Crippen LogP contribution in [0.1, 0.15) is 47.4 Å². The van der Waals surface area contributed by atoms with Gasteiger partial charge in [-0.05, 0) is 65.4 Å². The van der Waals surface area contributed by atoms with Crippen LogP contribution < -0.4 is 5.32 Å². The Hall–Kier alpha value is -2.41. The van der Waals surface area contributed by atoms with Crippen molar-refractivity contribution in [3.8, 4) is 0 Å². The lowest BCUT2D eigenvalue weighted by molar-refractivity contribution is -0.0719. The molecular weight excluding hydrogens is 434 g/mol. The van der Waals surface area contributed by atoms with E-state index in [4.69, 9.17) is 4.74 Å². The van der Waals surface area contributed by atoms with Gasteiger partial charge in [0.1, 0.15) is 5.60 Å². The maximum absolute atomic E-state index is 13.2. The van der Waals surface area contributed by atoms with Crippen LogP contribution in [0.4, 0.5) is 4.79 Å². The number of pyridine rings is 1. The molecule has 2 unspecified atom stereocenters. The summed E-state index contributed by atoms with van der Waals surface area (Å²) in [5.41, 5.74) is 2.38. The summed E-state index contributed by atoms with van der Waals surface area (Å²) >= 11 is 3.59. The first-order chi connectivity index (χ1) is 14.0. The van der Waals surface area contributed by atoms with Crippen molar-refractivity contribution in [2.24, 2.45) is 5.92 Å². The molecule has 6 nitrogen and oxygen atoms in total. The summed E-state index contributed by atoms with van der Waals surface area (Å²) < 4.78 is 6.50. The Morgan fingerprint density at radius 3 is 2.76 bits per heavy atom. The molecule has 5 rings (SSSR count). The third-order valence-corrected chi connectivity index (χ3v) is 7.27. The molecule has 3 heterocycles. The quantitative estimate of drug-likeness (QED) is 0.759. The average Bonchev–Trinajstić information content (AvgIpc) is 3.12. The number of hydrogen-bond acceptors (Lipinski definition) is 4. The Bertz CT molecular complexity index is 989. The highest BCUT2D eigenvalue weighted by molar-refractivity contribution is 9.10. The number of fused-ring (bicyclic) bond motifs is 1. The first kappa shape index (κ1) is 18.6. The Morgan fingerprint density at radius 2 is 2.03 bits per heavy atom. The number of alkyl carbamates (subject to hydrolysis) is 1. The molecule has 0 radical (unpaired) electrons. The van der Waals surface area contributed by atoms with E-state index in [2.05, 4.69) is 26.2 Å². The van der Waals surface area contributed by atoms with Gasteiger partial charge in [0.25, 0.3) is 5.91 Å². The molecule has 1 saturated carbocycles. The summed E-state index contributed by atoms with van der Waals surface area (Å²) in [6.07, 6.45) is 3.68. The van der Waals surface area contributed by atoms with Gasteiger partial charge in [0, 0.05) is 29.2 Å². The summed E-state index contributed by atoms with van der Waals surface area (Å²) in [7, 11) is 0. The fraction of sp³-hybridized carbons (Fsp3) is 0.409. The standard InChI is InChI=1S/C22H22BrN3O3/c1-13-22(29-21(28)25-13)10-14(11-22)12-26-19(9-18-17(23)7-4-8-24-18)15-5-2-3-6-16(15)20(26)27/h2-8,13-14,19H,9-12H2,1H3,(H,25,28). The van der Waals surface area contributed by atoms with Crippen molar-refractivity contribution in [3.05, 3.63) is 63.9 Å². The maximum atomic E-state index is 13.2. The van der Waals surface area contributed by atoms with Crippen molar-refractivity contribution in [2.75, 3.05) is 6.54 Å². The number of ether oxygens (including phenoxy) is 1. The lowest BCUT2D eigenvalue weighted by atomic mass is 9.67. The van der Waals surface area contributed by atoms with Gasteiger partial charge >= 0.3 is 6.09 Å². The van der Waals surface area contributed by atoms with Gasteiger partial charge in [-0.15, -0.1) is 0 Å². The molecule has 150 valence electrons. The summed E-state index contributed by atoms with van der Waals surface area (Å²) in [6.45, 7) is 2.65. The predicted molar refractivity (Wildman–Crippen MR) is 110 cm³/mol. The molecule has 2 aromatic rings. The molecule has 29 heavy (non-hydrogen) atoms. The molecule has 2 fully saturated rings. The molecule has 1 N–H and O–H groups in total. The highest BCUT2D eigenvalue weighted by atomic mass is 79.9. The van der Waals surface area contributed by atoms with Gasteiger partial charge in [0.05, 0.1) is 17.8 Å². The van der Waals surface area contributed by atoms with Crippen LogP contribution in [0.3, 0.4) is 0 Å². The Labute approximate surface area is 177 Å². The van der Waals surface area contributed by atoms with Gasteiger partial charge in [0.2, 0.25) is 0 Å². The van der Waals surface area contributed by atoms with E-state index < -0.39 is 5.60 Å². The lowest BCUT2D eigenvalue weighted by Gasteiger charge is -2.47. The summed E-state index contributed by atoms with van der Waals surface area (Å²) in [5.74, 6) is 0.395. The van der Waals surface area contributed by atoms with E-state index in [0.29, 0.717) is 18.9 Å². The summed E-state index contributed by atoms with van der Waals surface area (Å²) in [4.78, 5) is 31.3. The minimum absolute atomic E-state index is 0.0120. The molecular formula is C22H22BrN3O3. The van der Waals surface area contributed by atoms with E-state index in [9.17, 15) is 9.59 Å². The van der Waals surface area contributed by atoms with Crippen LogP contribution >= 0.6 is 15.9 Å². The van der Waals surface area contributed by atoms with Crippen LogP contribution in [0, 0.1) is 5.92 Å². The van der Waals surface area contributed by atoms with Crippen molar-refractivity contribution in [2.45, 2.75) is 43.9 Å². The molecule has 2 amide bonds. The van der Waals surface area contributed by atoms with Crippen LogP contribution in [0.15, 0.2) is 47.1 Å². The van der Waals surface area contributed by atoms with Gasteiger partial charge in [-0.2, -0.15) is 0 Å². The maximum Gasteiger partial charge on any atom is 0.408 e. The number of nitrogens with zero attached hydrogens (tertiary/aromatic N) is 2. The zero-order valence-electron chi connectivity index (χ0n) is 16.1. The SMILES string of the molecule is CC1NC(=O)OC12CC(CN1C(=O)c3ccccc3C1Cc1ncccc1Br)C2. The zero-order chi connectivity index (χ0) is 20.2. The smallest absolute Gasteiger partial charge is 0.408 e. The number of amides is 2. The van der Waals surface area contributed by atoms with Crippen LogP contribution in [0.5, 0.6) is 0 Å². The van der Waals surface area contributed by atoms with Crippen molar-refractivity contribution < 1.29 is 14.3 Å². The van der Waals surface area contributed by atoms with Crippen molar-refractivity contribution >= 4 is 27.9 Å². The number of nitrogens with one attached hydrogen (secondary N) is 1. The van der Waals surface area contributed by atoms with Crippen LogP contribution in [-0.2, 0) is 11.2 Å². The van der Waals surface area contributed by atoms with E-state index in [1.54, 1.807) is 6.20 Å². The molecule has 1 aliphatic carbocycles. The fourth-order valence-electron chi connectivity index (χ4n) is 5.00. The lowest BCUT2D eigenvalue weighted by Crippen LogP contribution is -2.55. The predicted octanol–water partition coefficient (Wildman–Crippen LogP) is 3.86. The van der Waals surface area contributed by atoms with E-state index in [1.807, 2.05) is 48.2 Å². The number of hydrogen-bond donors (Lipinski definition) is 1. The van der Waals surface area contributed by atoms with Crippen molar-refractivity contribution in [1.29, 1.82) is 0 Å². The molecule has 7 heteroatoms. The second-order valence-electron chi connectivity index (χ2n) is 8.29. The largest absolute Gasteiger partial charge is 0.441 e. The number of rotatable bonds is 4. The number of benzene rings is 1. The fourth-order valence-corrected chi connectivity index (χ4v) is 5.42. The van der Waals surface area contributed by atoms with Gasteiger partial charge in [-0.25, -0.2) is 4.79 Å². The third-order valence-electron chi connectivity index (χ3n) is 6.55. The summed E-state index contributed by atoms with van der Waals surface area (Å²) in [5, 5.41) is 2.84. The van der Waals surface area contributed by atoms with Gasteiger partial charge < -0.3 is 15.0 Å². The molecule has 1 spiro atoms. The number of halogens is 1. The first-order valence-electron chi connectivity index (χ1n) is 9.96. The normalized spacial score (nSPS) is 30.1. The minimum Gasteiger partial charge on any atom is -0.441 e. The third kappa shape index (κ3) is 3.03. The molecule has 2 aliphatic heterocycles. The Kier molecular flexibility index (Phi) is 4.38. The van der Waals surface area contributed by atoms with E-state index in [0.717, 1.165) is 34.1 Å². The van der Waals surface area contributed by atoms with Gasteiger partial charge in [-0.1, -0.05) is 18.2 Å². The zero-order valence-corrected chi connectivity index (χ0v) is 17.7. The number of aromatic nitrogens is 1. The van der Waals surface area contributed by atoms with Crippen molar-refractivity contribution in [3.63, 3.8) is 0 Å². The average molecular weight is 456 g/mol. The topological polar surface area (TPSA) is 71.5 Å².